The van der Waals surface area contributed by atoms with E-state index in [-0.39, 0.29) is 24.2 Å². The molecule has 0 saturated heterocycles. The minimum atomic E-state index is -0.483. The van der Waals surface area contributed by atoms with Crippen LogP contribution in [0.5, 0.6) is 0 Å². The predicted octanol–water partition coefficient (Wildman–Crippen LogP) is 1.70. The van der Waals surface area contributed by atoms with Gasteiger partial charge in [0.25, 0.3) is 0 Å². The number of benzene rings is 1. The molecule has 2 rings (SSSR count). The zero-order valence-electron chi connectivity index (χ0n) is 13.2. The van der Waals surface area contributed by atoms with Crippen molar-refractivity contribution in [3.05, 3.63) is 42.2 Å². The van der Waals surface area contributed by atoms with Crippen LogP contribution in [0.25, 0.3) is 0 Å². The van der Waals surface area contributed by atoms with E-state index in [1.807, 2.05) is 0 Å². The van der Waals surface area contributed by atoms with Crippen molar-refractivity contribution in [2.75, 3.05) is 17.7 Å². The van der Waals surface area contributed by atoms with Gasteiger partial charge in [-0.25, -0.2) is 0 Å². The lowest BCUT2D eigenvalue weighted by atomic mass is 10.1. The van der Waals surface area contributed by atoms with Gasteiger partial charge in [-0.15, -0.1) is 12.4 Å². The number of rotatable bonds is 5. The molecule has 0 fully saturated rings. The maximum atomic E-state index is 12.3. The predicted molar refractivity (Wildman–Crippen MR) is 91.6 cm³/mol. The highest BCUT2D eigenvalue weighted by molar-refractivity contribution is 5.96. The van der Waals surface area contributed by atoms with Crippen LogP contribution < -0.4 is 16.0 Å². The zero-order chi connectivity index (χ0) is 16.1. The average Bonchev–Trinajstić information content (AvgIpc) is 2.87. The van der Waals surface area contributed by atoms with Gasteiger partial charge in [-0.3, -0.25) is 14.3 Å². The minimum absolute atomic E-state index is 0. The van der Waals surface area contributed by atoms with Crippen molar-refractivity contribution >= 4 is 35.6 Å². The molecule has 1 aromatic heterocycles. The monoisotopic (exact) mass is 337 g/mol. The number of nitrogens with zero attached hydrogens (tertiary/aromatic N) is 2. The Bertz CT molecular complexity index is 669. The number of likely N-dealkylation sites (N-methyl/N-ethyl adjacent to an activating group) is 1. The molecule has 2 aromatic rings. The highest BCUT2D eigenvalue weighted by Gasteiger charge is 2.20. The maximum absolute atomic E-state index is 12.3. The van der Waals surface area contributed by atoms with E-state index in [9.17, 15) is 9.59 Å². The van der Waals surface area contributed by atoms with Gasteiger partial charge < -0.3 is 16.0 Å². The highest BCUT2D eigenvalue weighted by Crippen LogP contribution is 2.17. The number of aromatic nitrogens is 2. The zero-order valence-corrected chi connectivity index (χ0v) is 14.0. The lowest BCUT2D eigenvalue weighted by Gasteiger charge is -2.14. The van der Waals surface area contributed by atoms with Gasteiger partial charge in [-0.1, -0.05) is 0 Å². The Morgan fingerprint density at radius 2 is 1.70 bits per heavy atom. The number of hydrogen-bond donors (Lipinski definition) is 3. The summed E-state index contributed by atoms with van der Waals surface area (Å²) in [6.07, 6.45) is 3.45. The van der Waals surface area contributed by atoms with E-state index in [4.69, 9.17) is 0 Å². The molecule has 0 radical (unpaired) electrons. The number of aryl methyl sites for hydroxylation is 1. The van der Waals surface area contributed by atoms with Gasteiger partial charge in [0.15, 0.2) is 0 Å². The Kier molecular flexibility index (Phi) is 6.74. The smallest absolute Gasteiger partial charge is 0.246 e. The summed E-state index contributed by atoms with van der Waals surface area (Å²) in [6.45, 7) is 1.45. The molecule has 0 aliphatic heterocycles. The van der Waals surface area contributed by atoms with Crippen molar-refractivity contribution in [1.82, 2.24) is 15.1 Å². The lowest BCUT2D eigenvalue weighted by Crippen LogP contribution is -2.30. The molecular weight excluding hydrogens is 318 g/mol. The summed E-state index contributed by atoms with van der Waals surface area (Å²) in [5, 5.41) is 12.5. The van der Waals surface area contributed by atoms with Gasteiger partial charge in [0.2, 0.25) is 11.8 Å². The summed E-state index contributed by atoms with van der Waals surface area (Å²) in [5.74, 6) is -0.314. The van der Waals surface area contributed by atoms with Crippen molar-refractivity contribution in [2.45, 2.75) is 13.0 Å². The topological polar surface area (TPSA) is 88.1 Å². The van der Waals surface area contributed by atoms with E-state index in [2.05, 4.69) is 21.0 Å². The molecule has 0 bridgehead atoms. The minimum Gasteiger partial charge on any atom is -0.326 e. The Morgan fingerprint density at radius 1 is 1.13 bits per heavy atom. The Hall–Kier alpha value is -2.38. The third-order valence-electron chi connectivity index (χ3n) is 3.08. The number of carbonyl (C=O) groups is 2. The molecule has 1 atom stereocenters. The number of amides is 2. The Morgan fingerprint density at radius 3 is 2.13 bits per heavy atom. The summed E-state index contributed by atoms with van der Waals surface area (Å²) in [6, 6.07) is 6.45. The summed E-state index contributed by atoms with van der Waals surface area (Å²) in [7, 11) is 3.52. The molecule has 1 unspecified atom stereocenters. The Labute approximate surface area is 140 Å². The van der Waals surface area contributed by atoms with Crippen molar-refractivity contribution in [1.29, 1.82) is 0 Å². The van der Waals surface area contributed by atoms with Crippen LogP contribution in [-0.2, 0) is 16.6 Å². The van der Waals surface area contributed by atoms with Gasteiger partial charge in [-0.05, 0) is 31.3 Å². The van der Waals surface area contributed by atoms with E-state index < -0.39 is 6.04 Å². The molecule has 0 aliphatic carbocycles. The van der Waals surface area contributed by atoms with E-state index in [0.29, 0.717) is 11.4 Å². The van der Waals surface area contributed by atoms with Crippen LogP contribution in [0.15, 0.2) is 36.7 Å². The fourth-order valence-electron chi connectivity index (χ4n) is 2.09. The molecule has 0 aliphatic rings. The molecule has 124 valence electrons. The number of nitrogens with one attached hydrogen (secondary N) is 3. The first-order valence-corrected chi connectivity index (χ1v) is 6.84. The van der Waals surface area contributed by atoms with Crippen LogP contribution in [0.2, 0.25) is 0 Å². The quantitative estimate of drug-likeness (QED) is 0.775. The first-order chi connectivity index (χ1) is 10.5. The molecule has 0 saturated carbocycles. The second-order valence-electron chi connectivity index (χ2n) is 4.92. The van der Waals surface area contributed by atoms with Crippen LogP contribution in [0.3, 0.4) is 0 Å². The van der Waals surface area contributed by atoms with Crippen molar-refractivity contribution < 1.29 is 9.59 Å². The van der Waals surface area contributed by atoms with Crippen LogP contribution >= 0.6 is 12.4 Å². The van der Waals surface area contributed by atoms with Gasteiger partial charge in [-0.2, -0.15) is 5.10 Å². The van der Waals surface area contributed by atoms with Gasteiger partial charge >= 0.3 is 0 Å². The van der Waals surface area contributed by atoms with Gasteiger partial charge in [0.05, 0.1) is 6.20 Å². The summed E-state index contributed by atoms with van der Waals surface area (Å²) < 4.78 is 1.65. The summed E-state index contributed by atoms with van der Waals surface area (Å²) in [4.78, 5) is 23.3. The van der Waals surface area contributed by atoms with Gasteiger partial charge in [0, 0.05) is 37.1 Å². The van der Waals surface area contributed by atoms with E-state index in [0.717, 1.165) is 5.56 Å². The van der Waals surface area contributed by atoms with Crippen molar-refractivity contribution in [2.24, 2.45) is 7.05 Å². The molecule has 3 N–H and O–H groups in total. The van der Waals surface area contributed by atoms with E-state index in [1.54, 1.807) is 55.4 Å². The van der Waals surface area contributed by atoms with Gasteiger partial charge in [0.1, 0.15) is 6.04 Å². The fourth-order valence-corrected chi connectivity index (χ4v) is 2.09. The largest absolute Gasteiger partial charge is 0.326 e. The molecule has 0 spiro atoms. The second-order valence-corrected chi connectivity index (χ2v) is 4.92. The maximum Gasteiger partial charge on any atom is 0.246 e. The third kappa shape index (κ3) is 5.08. The standard InChI is InChI=1S/C15H19N5O2.ClH/c1-10(21)18-12-4-6-13(7-5-12)19-15(22)14(16-2)11-8-17-20(3)9-11;/h4-9,14,16H,1-3H3,(H,18,21)(H,19,22);1H. The van der Waals surface area contributed by atoms with Crippen LogP contribution in [0, 0.1) is 0 Å². The van der Waals surface area contributed by atoms with E-state index >= 15 is 0 Å². The van der Waals surface area contributed by atoms with Crippen LogP contribution in [0.4, 0.5) is 11.4 Å². The summed E-state index contributed by atoms with van der Waals surface area (Å²) >= 11 is 0. The normalized spacial score (nSPS) is 11.3. The Balaban J connectivity index is 0.00000264. The fraction of sp³-hybridized carbons (Fsp3) is 0.267. The number of carbonyl (C=O) groups excluding carboxylic acids is 2. The van der Waals surface area contributed by atoms with Crippen LogP contribution in [-0.4, -0.2) is 28.6 Å². The number of anilines is 2. The lowest BCUT2D eigenvalue weighted by molar-refractivity contribution is -0.118. The first-order valence-electron chi connectivity index (χ1n) is 6.84. The SMILES string of the molecule is CNC(C(=O)Nc1ccc(NC(C)=O)cc1)c1cnn(C)c1.Cl. The van der Waals surface area contributed by atoms with E-state index in [1.165, 1.54) is 6.92 Å². The molecule has 7 nitrogen and oxygen atoms in total. The number of halogens is 1. The molecule has 1 aromatic carbocycles. The molecule has 1 heterocycles. The summed E-state index contributed by atoms with van der Waals surface area (Å²) in [5.41, 5.74) is 2.13. The molecular formula is C15H20ClN5O2. The molecule has 23 heavy (non-hydrogen) atoms. The molecule has 8 heteroatoms. The average molecular weight is 338 g/mol. The molecule has 2 amide bonds. The van der Waals surface area contributed by atoms with Crippen molar-refractivity contribution in [3.63, 3.8) is 0 Å². The second kappa shape index (κ2) is 8.30. The van der Waals surface area contributed by atoms with Crippen molar-refractivity contribution in [3.8, 4) is 0 Å². The first kappa shape index (κ1) is 18.7. The third-order valence-corrected chi connectivity index (χ3v) is 3.08. The number of hydrogen-bond acceptors (Lipinski definition) is 4. The van der Waals surface area contributed by atoms with Crippen LogP contribution in [0.1, 0.15) is 18.5 Å². The highest BCUT2D eigenvalue weighted by atomic mass is 35.5.